The van der Waals surface area contributed by atoms with Crippen molar-refractivity contribution in [2.75, 3.05) is 19.7 Å². The first-order valence-electron chi connectivity index (χ1n) is 12.9. The Bertz CT molecular complexity index is 1130. The van der Waals surface area contributed by atoms with Gasteiger partial charge in [-0.25, -0.2) is 0 Å². The van der Waals surface area contributed by atoms with Crippen molar-refractivity contribution in [2.24, 2.45) is 5.92 Å². The number of rotatable bonds is 4. The first kappa shape index (κ1) is 25.7. The van der Waals surface area contributed by atoms with Crippen LogP contribution < -0.4 is 15.4 Å². The summed E-state index contributed by atoms with van der Waals surface area (Å²) in [5, 5.41) is 10.6. The topological polar surface area (TPSA) is 106 Å². The molecule has 0 unspecified atom stereocenters. The second-order valence-corrected chi connectivity index (χ2v) is 10.1. The molecule has 0 spiro atoms. The molecule has 3 amide bonds. The van der Waals surface area contributed by atoms with Crippen molar-refractivity contribution in [3.63, 3.8) is 0 Å². The van der Waals surface area contributed by atoms with Crippen molar-refractivity contribution < 1.29 is 19.1 Å². The molecule has 2 aliphatic heterocycles. The van der Waals surface area contributed by atoms with Gasteiger partial charge in [0.1, 0.15) is 18.1 Å². The average molecular weight is 496 g/mol. The smallest absolute Gasteiger partial charge is 0.272 e. The van der Waals surface area contributed by atoms with Gasteiger partial charge in [0.15, 0.2) is 0 Å². The number of hydrogen-bond donors (Lipinski definition) is 2. The van der Waals surface area contributed by atoms with E-state index in [1.165, 1.54) is 0 Å². The summed E-state index contributed by atoms with van der Waals surface area (Å²) >= 11 is 0. The lowest BCUT2D eigenvalue weighted by molar-refractivity contribution is -0.122. The third kappa shape index (κ3) is 5.71. The van der Waals surface area contributed by atoms with E-state index < -0.39 is 0 Å². The first-order valence-corrected chi connectivity index (χ1v) is 12.9. The number of hydrogen-bond acceptors (Lipinski definition) is 5. The number of nitrogens with zero attached hydrogens (tertiary/aromatic N) is 3. The van der Waals surface area contributed by atoms with Gasteiger partial charge in [-0.3, -0.25) is 19.1 Å². The van der Waals surface area contributed by atoms with Gasteiger partial charge in [-0.05, 0) is 62.8 Å². The molecular weight excluding hydrogens is 458 g/mol. The van der Waals surface area contributed by atoms with Crippen molar-refractivity contribution >= 4 is 17.7 Å². The number of carbonyl (C=O) groups excluding carboxylic acids is 3. The number of nitrogens with one attached hydrogen (secondary N) is 2. The zero-order chi connectivity index (χ0) is 25.8. The second-order valence-electron chi connectivity index (χ2n) is 10.1. The highest BCUT2D eigenvalue weighted by molar-refractivity contribution is 5.95. The van der Waals surface area contributed by atoms with Crippen molar-refractivity contribution in [1.82, 2.24) is 25.3 Å². The van der Waals surface area contributed by atoms with Crippen molar-refractivity contribution in [2.45, 2.75) is 72.0 Å². The molecule has 36 heavy (non-hydrogen) atoms. The lowest BCUT2D eigenvalue weighted by atomic mass is 10.1. The highest BCUT2D eigenvalue weighted by atomic mass is 16.5. The van der Waals surface area contributed by atoms with Gasteiger partial charge in [-0.2, -0.15) is 5.10 Å². The number of fused-ring (bicyclic) bond motifs is 4. The lowest BCUT2D eigenvalue weighted by Crippen LogP contribution is -2.48. The van der Waals surface area contributed by atoms with Gasteiger partial charge in [0, 0.05) is 37.2 Å². The maximum atomic E-state index is 13.9. The fourth-order valence-corrected chi connectivity index (χ4v) is 5.07. The zero-order valence-electron chi connectivity index (χ0n) is 21.7. The Morgan fingerprint density at radius 2 is 1.94 bits per heavy atom. The predicted molar refractivity (Wildman–Crippen MR) is 136 cm³/mol. The fourth-order valence-electron chi connectivity index (χ4n) is 5.07. The number of amides is 3. The summed E-state index contributed by atoms with van der Waals surface area (Å²) in [6.45, 7) is 9.66. The van der Waals surface area contributed by atoms with Crippen molar-refractivity contribution in [3.8, 4) is 5.75 Å². The Morgan fingerprint density at radius 1 is 1.17 bits per heavy atom. The van der Waals surface area contributed by atoms with Crippen LogP contribution in [-0.4, -0.2) is 64.2 Å². The van der Waals surface area contributed by atoms with E-state index >= 15 is 0 Å². The molecule has 1 aromatic heterocycles. The Labute approximate surface area is 212 Å². The zero-order valence-corrected chi connectivity index (χ0v) is 21.7. The Kier molecular flexibility index (Phi) is 7.96. The number of carbonyl (C=O) groups is 3. The molecular formula is C27H37N5O4. The number of aryl methyl sites for hydroxylation is 2. The number of aromatic nitrogens is 2. The van der Waals surface area contributed by atoms with E-state index in [4.69, 9.17) is 4.74 Å². The van der Waals surface area contributed by atoms with Crippen molar-refractivity contribution in [3.05, 3.63) is 46.8 Å². The normalized spacial score (nSPS) is 20.9. The summed E-state index contributed by atoms with van der Waals surface area (Å²) in [5.74, 6) is 0.580. The second kappa shape index (κ2) is 11.1. The molecule has 2 aliphatic rings. The van der Waals surface area contributed by atoms with Crippen LogP contribution in [-0.2, 0) is 17.8 Å². The van der Waals surface area contributed by atoms with Crippen molar-refractivity contribution in [1.29, 1.82) is 0 Å². The van der Waals surface area contributed by atoms with Crippen LogP contribution in [0.25, 0.3) is 0 Å². The molecule has 9 heteroatoms. The SMILES string of the molecule is CCn1nc(CC(C)C)cc1C(=O)N1[C@@H]2CC[C@H]1CC(=O)NCCOc1cc(ccc1C)C(=O)NC2. The maximum absolute atomic E-state index is 13.9. The minimum atomic E-state index is -0.248. The van der Waals surface area contributed by atoms with Gasteiger partial charge in [-0.1, -0.05) is 19.9 Å². The minimum absolute atomic E-state index is 0.115. The lowest BCUT2D eigenvalue weighted by Gasteiger charge is -2.30. The van der Waals surface area contributed by atoms with Gasteiger partial charge in [-0.15, -0.1) is 0 Å². The molecule has 4 bridgehead atoms. The molecule has 1 saturated heterocycles. The maximum Gasteiger partial charge on any atom is 0.272 e. The highest BCUT2D eigenvalue weighted by Crippen LogP contribution is 2.29. The van der Waals surface area contributed by atoms with Crippen LogP contribution in [0.5, 0.6) is 5.75 Å². The fraction of sp³-hybridized carbons (Fsp3) is 0.556. The third-order valence-corrected chi connectivity index (χ3v) is 6.87. The van der Waals surface area contributed by atoms with E-state index in [1.807, 2.05) is 26.0 Å². The molecule has 2 aromatic rings. The van der Waals surface area contributed by atoms with Crippen LogP contribution in [0.4, 0.5) is 0 Å². The molecule has 0 saturated carbocycles. The third-order valence-electron chi connectivity index (χ3n) is 6.87. The van der Waals surface area contributed by atoms with E-state index in [1.54, 1.807) is 21.7 Å². The molecule has 0 aliphatic carbocycles. The summed E-state index contributed by atoms with van der Waals surface area (Å²) in [5.41, 5.74) is 2.85. The average Bonchev–Trinajstić information content (AvgIpc) is 3.43. The molecule has 3 heterocycles. The minimum Gasteiger partial charge on any atom is -0.491 e. The van der Waals surface area contributed by atoms with Gasteiger partial charge in [0.2, 0.25) is 5.91 Å². The standard InChI is InChI=1S/C27H37N5O4/c1-5-31-23(14-20(30-31)12-17(2)3)27(35)32-21-8-9-22(32)16-29-26(34)19-7-6-18(4)24(13-19)36-11-10-28-25(33)15-21/h6-7,13-14,17,21-22H,5,8-12,15-16H2,1-4H3,(H,28,33)(H,29,34)/t21-,22+/m0/s1. The Hall–Kier alpha value is -3.36. The molecule has 9 nitrogen and oxygen atoms in total. The van der Waals surface area contributed by atoms with Gasteiger partial charge >= 0.3 is 0 Å². The summed E-state index contributed by atoms with van der Waals surface area (Å²) in [6, 6.07) is 6.77. The highest BCUT2D eigenvalue weighted by Gasteiger charge is 2.39. The van der Waals surface area contributed by atoms with E-state index in [-0.39, 0.29) is 36.2 Å². The number of benzene rings is 1. The van der Waals surface area contributed by atoms with Gasteiger partial charge in [0.05, 0.1) is 12.2 Å². The van der Waals surface area contributed by atoms with Crippen LogP contribution >= 0.6 is 0 Å². The van der Waals surface area contributed by atoms with Crippen LogP contribution in [0, 0.1) is 12.8 Å². The Balaban J connectivity index is 1.62. The van der Waals surface area contributed by atoms with Crippen LogP contribution in [0.1, 0.15) is 72.1 Å². The predicted octanol–water partition coefficient (Wildman–Crippen LogP) is 2.71. The Morgan fingerprint density at radius 3 is 2.69 bits per heavy atom. The molecule has 4 rings (SSSR count). The molecule has 194 valence electrons. The molecule has 0 radical (unpaired) electrons. The summed E-state index contributed by atoms with van der Waals surface area (Å²) < 4.78 is 7.56. The summed E-state index contributed by atoms with van der Waals surface area (Å²) in [7, 11) is 0. The van der Waals surface area contributed by atoms with Gasteiger partial charge < -0.3 is 20.3 Å². The molecule has 2 N–H and O–H groups in total. The quantitative estimate of drug-likeness (QED) is 0.679. The molecule has 1 aromatic carbocycles. The van der Waals surface area contributed by atoms with Gasteiger partial charge in [0.25, 0.3) is 11.8 Å². The first-order chi connectivity index (χ1) is 17.3. The van der Waals surface area contributed by atoms with E-state index in [0.29, 0.717) is 62.0 Å². The summed E-state index contributed by atoms with van der Waals surface area (Å²) in [4.78, 5) is 41.4. The monoisotopic (exact) mass is 495 g/mol. The number of ether oxygens (including phenoxy) is 1. The van der Waals surface area contributed by atoms with Crippen LogP contribution in [0.15, 0.2) is 24.3 Å². The summed E-state index contributed by atoms with van der Waals surface area (Å²) in [6.07, 6.45) is 2.41. The van der Waals surface area contributed by atoms with E-state index in [9.17, 15) is 14.4 Å². The van der Waals surface area contributed by atoms with E-state index in [0.717, 1.165) is 17.7 Å². The van der Waals surface area contributed by atoms with Crippen LogP contribution in [0.2, 0.25) is 0 Å². The van der Waals surface area contributed by atoms with E-state index in [2.05, 4.69) is 29.6 Å². The largest absolute Gasteiger partial charge is 0.491 e. The molecule has 1 fully saturated rings. The molecule has 2 atom stereocenters. The van der Waals surface area contributed by atoms with Crippen LogP contribution in [0.3, 0.4) is 0 Å².